The van der Waals surface area contributed by atoms with Crippen LogP contribution in [-0.4, -0.2) is 61.2 Å². The number of piperazine rings is 1. The lowest BCUT2D eigenvalue weighted by Crippen LogP contribution is -2.49. The molecule has 192 valence electrons. The third-order valence-corrected chi connectivity index (χ3v) is 6.42. The summed E-state index contributed by atoms with van der Waals surface area (Å²) in [5.41, 5.74) is 3.41. The molecule has 1 fully saturated rings. The summed E-state index contributed by atoms with van der Waals surface area (Å²) in [7, 11) is 3.37. The van der Waals surface area contributed by atoms with Gasteiger partial charge in [-0.2, -0.15) is 0 Å². The van der Waals surface area contributed by atoms with E-state index in [1.807, 2.05) is 24.0 Å². The normalized spacial score (nSPS) is 15.3. The number of anilines is 1. The van der Waals surface area contributed by atoms with E-state index in [1.54, 1.807) is 14.2 Å². The molecule has 1 amide bonds. The van der Waals surface area contributed by atoms with Crippen molar-refractivity contribution in [3.63, 3.8) is 0 Å². The van der Waals surface area contributed by atoms with Crippen molar-refractivity contribution in [3.05, 3.63) is 46.9 Å². The monoisotopic (exact) mass is 482 g/mol. The average molecular weight is 483 g/mol. The van der Waals surface area contributed by atoms with Gasteiger partial charge in [0, 0.05) is 51.7 Å². The van der Waals surface area contributed by atoms with E-state index in [2.05, 4.69) is 44.7 Å². The Hall–Kier alpha value is -2.67. The number of aromatic nitrogens is 2. The molecule has 2 heterocycles. The number of carbonyl (C=O) groups is 1. The van der Waals surface area contributed by atoms with Crippen LogP contribution in [0.5, 0.6) is 5.75 Å². The molecule has 35 heavy (non-hydrogen) atoms. The minimum Gasteiger partial charge on any atom is -0.497 e. The molecule has 1 aromatic heterocycles. The molecule has 0 aliphatic carbocycles. The number of nitrogens with zero attached hydrogens (tertiary/aromatic N) is 4. The first-order valence-corrected chi connectivity index (χ1v) is 12.6. The molecule has 1 aliphatic rings. The van der Waals surface area contributed by atoms with Gasteiger partial charge in [-0.05, 0) is 42.4 Å². The Bertz CT molecular complexity index is 977. The first-order valence-electron chi connectivity index (χ1n) is 12.6. The van der Waals surface area contributed by atoms with Gasteiger partial charge in [-0.25, -0.2) is 9.97 Å². The molecule has 0 radical (unpaired) electrons. The van der Waals surface area contributed by atoms with Gasteiger partial charge in [0.05, 0.1) is 19.4 Å². The van der Waals surface area contributed by atoms with Crippen LogP contribution in [0.1, 0.15) is 63.2 Å². The van der Waals surface area contributed by atoms with Gasteiger partial charge >= 0.3 is 0 Å². The van der Waals surface area contributed by atoms with Crippen molar-refractivity contribution < 1.29 is 14.3 Å². The van der Waals surface area contributed by atoms with Crippen LogP contribution in [0.15, 0.2) is 24.3 Å². The SMILES string of the molecule is COCc1nc(C)nc(N2CCN(C(=O)C[C@@H](C)CC(C)(C)C)CC2)c1Cc1ccc(OC)cc1. The summed E-state index contributed by atoms with van der Waals surface area (Å²) >= 11 is 0. The highest BCUT2D eigenvalue weighted by Crippen LogP contribution is 2.28. The predicted octanol–water partition coefficient (Wildman–Crippen LogP) is 4.64. The van der Waals surface area contributed by atoms with Crippen LogP contribution in [0.2, 0.25) is 0 Å². The fourth-order valence-corrected chi connectivity index (χ4v) is 5.00. The lowest BCUT2D eigenvalue weighted by atomic mass is 9.84. The zero-order chi connectivity index (χ0) is 25.6. The van der Waals surface area contributed by atoms with Crippen LogP contribution in [0, 0.1) is 18.3 Å². The molecule has 1 atom stereocenters. The van der Waals surface area contributed by atoms with Crippen LogP contribution < -0.4 is 9.64 Å². The summed E-state index contributed by atoms with van der Waals surface area (Å²) < 4.78 is 10.8. The fourth-order valence-electron chi connectivity index (χ4n) is 5.00. The Labute approximate surface area is 210 Å². The third-order valence-electron chi connectivity index (χ3n) is 6.42. The summed E-state index contributed by atoms with van der Waals surface area (Å²) in [4.78, 5) is 26.8. The van der Waals surface area contributed by atoms with Gasteiger partial charge in [0.25, 0.3) is 0 Å². The summed E-state index contributed by atoms with van der Waals surface area (Å²) in [6, 6.07) is 8.11. The maximum absolute atomic E-state index is 12.9. The lowest BCUT2D eigenvalue weighted by Gasteiger charge is -2.37. The van der Waals surface area contributed by atoms with Crippen molar-refractivity contribution >= 4 is 11.7 Å². The second kappa shape index (κ2) is 11.8. The number of hydrogen-bond acceptors (Lipinski definition) is 6. The molecule has 1 aromatic carbocycles. The zero-order valence-corrected chi connectivity index (χ0v) is 22.6. The van der Waals surface area contributed by atoms with E-state index in [9.17, 15) is 4.79 Å². The van der Waals surface area contributed by atoms with E-state index in [-0.39, 0.29) is 11.3 Å². The number of amides is 1. The molecule has 0 spiro atoms. The number of hydrogen-bond donors (Lipinski definition) is 0. The van der Waals surface area contributed by atoms with Gasteiger partial charge in [0.1, 0.15) is 17.4 Å². The van der Waals surface area contributed by atoms with Gasteiger partial charge in [0.2, 0.25) is 5.91 Å². The molecule has 7 heteroatoms. The molecule has 0 unspecified atom stereocenters. The molecule has 3 rings (SSSR count). The second-order valence-corrected chi connectivity index (χ2v) is 10.9. The van der Waals surface area contributed by atoms with Gasteiger partial charge in [-0.1, -0.05) is 39.8 Å². The predicted molar refractivity (Wildman–Crippen MR) is 140 cm³/mol. The smallest absolute Gasteiger partial charge is 0.222 e. The Morgan fingerprint density at radius 3 is 2.29 bits per heavy atom. The summed E-state index contributed by atoms with van der Waals surface area (Å²) in [5.74, 6) is 3.18. The van der Waals surface area contributed by atoms with E-state index < -0.39 is 0 Å². The van der Waals surface area contributed by atoms with Gasteiger partial charge in [-0.15, -0.1) is 0 Å². The highest BCUT2D eigenvalue weighted by atomic mass is 16.5. The zero-order valence-electron chi connectivity index (χ0n) is 22.6. The van der Waals surface area contributed by atoms with Crippen molar-refractivity contribution in [3.8, 4) is 5.75 Å². The molecule has 0 saturated carbocycles. The van der Waals surface area contributed by atoms with Gasteiger partial charge in [0.15, 0.2) is 0 Å². The number of methoxy groups -OCH3 is 2. The van der Waals surface area contributed by atoms with Crippen molar-refractivity contribution in [1.29, 1.82) is 0 Å². The number of ether oxygens (including phenoxy) is 2. The van der Waals surface area contributed by atoms with E-state index >= 15 is 0 Å². The van der Waals surface area contributed by atoms with E-state index in [0.717, 1.165) is 48.2 Å². The number of benzene rings is 1. The summed E-state index contributed by atoms with van der Waals surface area (Å²) in [5, 5.41) is 0. The Balaban J connectivity index is 1.75. The summed E-state index contributed by atoms with van der Waals surface area (Å²) in [6.07, 6.45) is 2.38. The number of carbonyl (C=O) groups excluding carboxylic acids is 1. The number of aryl methyl sites for hydroxylation is 1. The second-order valence-electron chi connectivity index (χ2n) is 10.9. The largest absolute Gasteiger partial charge is 0.497 e. The van der Waals surface area contributed by atoms with Crippen LogP contribution in [0.3, 0.4) is 0 Å². The minimum absolute atomic E-state index is 0.240. The molecule has 7 nitrogen and oxygen atoms in total. The van der Waals surface area contributed by atoms with Crippen molar-refractivity contribution in [2.24, 2.45) is 11.3 Å². The lowest BCUT2D eigenvalue weighted by molar-refractivity contribution is -0.132. The highest BCUT2D eigenvalue weighted by molar-refractivity contribution is 5.76. The van der Waals surface area contributed by atoms with Crippen LogP contribution >= 0.6 is 0 Å². The van der Waals surface area contributed by atoms with Gasteiger partial charge < -0.3 is 19.3 Å². The van der Waals surface area contributed by atoms with Crippen LogP contribution in [-0.2, 0) is 22.6 Å². The Morgan fingerprint density at radius 2 is 1.71 bits per heavy atom. The molecule has 1 saturated heterocycles. The first-order chi connectivity index (χ1) is 16.6. The number of rotatable bonds is 9. The fraction of sp³-hybridized carbons (Fsp3) is 0.607. The molecule has 0 N–H and O–H groups in total. The maximum atomic E-state index is 12.9. The van der Waals surface area contributed by atoms with Crippen molar-refractivity contribution in [2.45, 2.75) is 60.5 Å². The van der Waals surface area contributed by atoms with E-state index in [0.29, 0.717) is 38.5 Å². The Morgan fingerprint density at radius 1 is 1.06 bits per heavy atom. The molecule has 0 bridgehead atoms. The topological polar surface area (TPSA) is 67.8 Å². The van der Waals surface area contributed by atoms with Crippen molar-refractivity contribution in [1.82, 2.24) is 14.9 Å². The average Bonchev–Trinajstić information content (AvgIpc) is 2.80. The third kappa shape index (κ3) is 7.66. The van der Waals surface area contributed by atoms with E-state index in [4.69, 9.17) is 19.4 Å². The van der Waals surface area contributed by atoms with Crippen LogP contribution in [0.25, 0.3) is 0 Å². The highest BCUT2D eigenvalue weighted by Gasteiger charge is 2.27. The molecular formula is C28H42N4O3. The molecule has 1 aliphatic heterocycles. The molecule has 2 aromatic rings. The quantitative estimate of drug-likeness (QED) is 0.519. The summed E-state index contributed by atoms with van der Waals surface area (Å²) in [6.45, 7) is 14.2. The van der Waals surface area contributed by atoms with Crippen molar-refractivity contribution in [2.75, 3.05) is 45.3 Å². The van der Waals surface area contributed by atoms with Crippen LogP contribution in [0.4, 0.5) is 5.82 Å². The minimum atomic E-state index is 0.240. The Kier molecular flexibility index (Phi) is 9.11. The first kappa shape index (κ1) is 26.9. The maximum Gasteiger partial charge on any atom is 0.222 e. The van der Waals surface area contributed by atoms with Gasteiger partial charge in [-0.3, -0.25) is 4.79 Å². The molecular weight excluding hydrogens is 440 g/mol. The van der Waals surface area contributed by atoms with E-state index in [1.165, 1.54) is 5.56 Å². The standard InChI is InChI=1S/C28H42N4O3/c1-20(18-28(3,4)5)16-26(33)31-12-14-32(15-13-31)27-24(25(19-34-6)29-21(2)30-27)17-22-8-10-23(35-7)11-9-22/h8-11,20H,12-19H2,1-7H3/t20-/m1/s1.